The number of aliphatic hydroxyl groups excluding tert-OH is 2. The fraction of sp³-hybridized carbons (Fsp3) is 0.278. The number of fused-ring (bicyclic) bond motifs is 1. The number of hydrogen-bond donors (Lipinski definition) is 3. The lowest BCUT2D eigenvalue weighted by Crippen LogP contribution is -2.22. The molecular weight excluding hydrogens is 292 g/mol. The van der Waals surface area contributed by atoms with E-state index in [1.54, 1.807) is 0 Å². The van der Waals surface area contributed by atoms with Crippen LogP contribution in [0.3, 0.4) is 0 Å². The van der Waals surface area contributed by atoms with Crippen LogP contribution in [0.15, 0.2) is 40.8 Å². The maximum absolute atomic E-state index is 9.43. The van der Waals surface area contributed by atoms with Gasteiger partial charge in [-0.1, -0.05) is 17.7 Å². The summed E-state index contributed by atoms with van der Waals surface area (Å²) >= 11 is 0. The van der Waals surface area contributed by atoms with Gasteiger partial charge in [-0.05, 0) is 43.7 Å². The highest BCUT2D eigenvalue weighted by molar-refractivity contribution is 5.83. The Morgan fingerprint density at radius 1 is 1.17 bits per heavy atom. The lowest BCUT2D eigenvalue weighted by Gasteiger charge is -2.10. The topological polar surface area (TPSA) is 78.5 Å². The van der Waals surface area contributed by atoms with Gasteiger partial charge in [0.05, 0.1) is 12.7 Å². The van der Waals surface area contributed by atoms with Gasteiger partial charge in [-0.3, -0.25) is 0 Å². The van der Waals surface area contributed by atoms with E-state index in [1.165, 1.54) is 5.56 Å². The molecule has 2 aromatic carbocycles. The van der Waals surface area contributed by atoms with Crippen molar-refractivity contribution in [1.29, 1.82) is 0 Å². The third-order valence-corrected chi connectivity index (χ3v) is 3.73. The summed E-state index contributed by atoms with van der Waals surface area (Å²) in [6.07, 6.45) is -0.786. The summed E-state index contributed by atoms with van der Waals surface area (Å²) in [4.78, 5) is 4.56. The summed E-state index contributed by atoms with van der Waals surface area (Å²) in [7, 11) is 0. The van der Waals surface area contributed by atoms with Crippen LogP contribution in [0.25, 0.3) is 22.6 Å². The van der Waals surface area contributed by atoms with Gasteiger partial charge in [-0.2, -0.15) is 0 Å². The zero-order chi connectivity index (χ0) is 16.4. The van der Waals surface area contributed by atoms with E-state index in [0.29, 0.717) is 5.89 Å². The van der Waals surface area contributed by atoms with Gasteiger partial charge >= 0.3 is 0 Å². The van der Waals surface area contributed by atoms with E-state index >= 15 is 0 Å². The molecule has 0 saturated heterocycles. The molecule has 5 heteroatoms. The quantitative estimate of drug-likeness (QED) is 0.675. The van der Waals surface area contributed by atoms with Crippen LogP contribution in [-0.4, -0.2) is 34.5 Å². The average molecular weight is 312 g/mol. The van der Waals surface area contributed by atoms with Crippen molar-refractivity contribution in [2.75, 3.05) is 18.5 Å². The number of rotatable bonds is 5. The number of aromatic nitrogens is 1. The monoisotopic (exact) mass is 312 g/mol. The minimum atomic E-state index is -0.786. The van der Waals surface area contributed by atoms with E-state index in [9.17, 15) is 5.11 Å². The lowest BCUT2D eigenvalue weighted by molar-refractivity contribution is 0.105. The molecule has 1 atom stereocenters. The van der Waals surface area contributed by atoms with Gasteiger partial charge in [0.15, 0.2) is 5.58 Å². The third-order valence-electron chi connectivity index (χ3n) is 3.73. The average Bonchev–Trinajstić information content (AvgIpc) is 2.98. The Hall–Kier alpha value is -2.37. The minimum absolute atomic E-state index is 0.268. The minimum Gasteiger partial charge on any atom is -0.436 e. The van der Waals surface area contributed by atoms with Crippen LogP contribution < -0.4 is 5.32 Å². The fourth-order valence-corrected chi connectivity index (χ4v) is 2.42. The van der Waals surface area contributed by atoms with Crippen LogP contribution in [0.2, 0.25) is 0 Å². The first kappa shape index (κ1) is 15.5. The number of nitrogens with one attached hydrogen (secondary N) is 1. The molecule has 0 amide bonds. The molecule has 3 rings (SSSR count). The first-order valence-corrected chi connectivity index (χ1v) is 7.58. The highest BCUT2D eigenvalue weighted by Gasteiger charge is 2.12. The molecule has 0 spiro atoms. The normalized spacial score (nSPS) is 12.5. The Balaban J connectivity index is 1.92. The summed E-state index contributed by atoms with van der Waals surface area (Å²) in [5.41, 5.74) is 5.46. The molecule has 0 radical (unpaired) electrons. The molecule has 120 valence electrons. The number of hydrogen-bond acceptors (Lipinski definition) is 5. The molecule has 5 nitrogen and oxygen atoms in total. The second-order valence-corrected chi connectivity index (χ2v) is 5.74. The van der Waals surface area contributed by atoms with Crippen molar-refractivity contribution < 1.29 is 14.6 Å². The van der Waals surface area contributed by atoms with Gasteiger partial charge < -0.3 is 19.9 Å². The molecular formula is C18H20N2O3. The number of anilines is 1. The fourth-order valence-electron chi connectivity index (χ4n) is 2.42. The Kier molecular flexibility index (Phi) is 4.32. The SMILES string of the molecule is Cc1ccc(-c2nc3cc(NCC(O)CO)cc(C)c3o2)cc1. The first-order chi connectivity index (χ1) is 11.1. The van der Waals surface area contributed by atoms with E-state index < -0.39 is 6.10 Å². The van der Waals surface area contributed by atoms with Crippen LogP contribution >= 0.6 is 0 Å². The number of aryl methyl sites for hydroxylation is 2. The zero-order valence-electron chi connectivity index (χ0n) is 13.2. The molecule has 3 aromatic rings. The van der Waals surface area contributed by atoms with Gasteiger partial charge in [-0.25, -0.2) is 4.98 Å². The van der Waals surface area contributed by atoms with Gasteiger partial charge in [-0.15, -0.1) is 0 Å². The number of oxazole rings is 1. The van der Waals surface area contributed by atoms with Gasteiger partial charge in [0.25, 0.3) is 0 Å². The Bertz CT molecular complexity index is 809. The molecule has 1 aromatic heterocycles. The molecule has 1 unspecified atom stereocenters. The summed E-state index contributed by atoms with van der Waals surface area (Å²) in [6, 6.07) is 11.9. The second-order valence-electron chi connectivity index (χ2n) is 5.74. The smallest absolute Gasteiger partial charge is 0.227 e. The Labute approximate surface area is 134 Å². The molecule has 0 aliphatic rings. The second kappa shape index (κ2) is 6.40. The molecule has 0 aliphatic carbocycles. The highest BCUT2D eigenvalue weighted by Crippen LogP contribution is 2.29. The van der Waals surface area contributed by atoms with Gasteiger partial charge in [0.1, 0.15) is 5.52 Å². The van der Waals surface area contributed by atoms with Gasteiger partial charge in [0.2, 0.25) is 5.89 Å². The third kappa shape index (κ3) is 3.36. The van der Waals surface area contributed by atoms with Crippen molar-refractivity contribution in [3.8, 4) is 11.5 Å². The van der Waals surface area contributed by atoms with E-state index in [1.807, 2.05) is 50.2 Å². The standard InChI is InChI=1S/C18H20N2O3/c1-11-3-5-13(6-4-11)18-20-16-8-14(19-9-15(22)10-21)7-12(2)17(16)23-18/h3-8,15,19,21-22H,9-10H2,1-2H3. The lowest BCUT2D eigenvalue weighted by atomic mass is 10.1. The molecule has 0 saturated carbocycles. The van der Waals surface area contributed by atoms with Crippen molar-refractivity contribution in [1.82, 2.24) is 4.98 Å². The number of nitrogens with zero attached hydrogens (tertiary/aromatic N) is 1. The van der Waals surface area contributed by atoms with Crippen LogP contribution in [-0.2, 0) is 0 Å². The van der Waals surface area contributed by atoms with Crippen molar-refractivity contribution in [3.63, 3.8) is 0 Å². The largest absolute Gasteiger partial charge is 0.436 e. The number of aliphatic hydroxyl groups is 2. The van der Waals surface area contributed by atoms with E-state index in [2.05, 4.69) is 10.3 Å². The predicted octanol–water partition coefficient (Wildman–Crippen LogP) is 2.88. The summed E-state index contributed by atoms with van der Waals surface area (Å²) < 4.78 is 5.90. The maximum Gasteiger partial charge on any atom is 0.227 e. The van der Waals surface area contributed by atoms with E-state index in [0.717, 1.165) is 27.9 Å². The zero-order valence-corrected chi connectivity index (χ0v) is 13.2. The molecule has 1 heterocycles. The predicted molar refractivity (Wildman–Crippen MR) is 90.5 cm³/mol. The van der Waals surface area contributed by atoms with Crippen molar-refractivity contribution in [2.24, 2.45) is 0 Å². The van der Waals surface area contributed by atoms with E-state index in [4.69, 9.17) is 9.52 Å². The van der Waals surface area contributed by atoms with Crippen molar-refractivity contribution in [3.05, 3.63) is 47.5 Å². The molecule has 0 fully saturated rings. The van der Waals surface area contributed by atoms with Crippen LogP contribution in [0, 0.1) is 13.8 Å². The Morgan fingerprint density at radius 3 is 2.61 bits per heavy atom. The molecule has 3 N–H and O–H groups in total. The summed E-state index contributed by atoms with van der Waals surface area (Å²) in [5, 5.41) is 21.4. The first-order valence-electron chi connectivity index (χ1n) is 7.58. The maximum atomic E-state index is 9.43. The van der Waals surface area contributed by atoms with Crippen molar-refractivity contribution >= 4 is 16.8 Å². The van der Waals surface area contributed by atoms with Gasteiger partial charge in [0, 0.05) is 17.8 Å². The molecule has 0 aliphatic heterocycles. The molecule has 23 heavy (non-hydrogen) atoms. The highest BCUT2D eigenvalue weighted by atomic mass is 16.3. The summed E-state index contributed by atoms with van der Waals surface area (Å²) in [5.74, 6) is 0.593. The Morgan fingerprint density at radius 2 is 1.91 bits per heavy atom. The van der Waals surface area contributed by atoms with E-state index in [-0.39, 0.29) is 13.2 Å². The van der Waals surface area contributed by atoms with Crippen LogP contribution in [0.4, 0.5) is 5.69 Å². The number of benzene rings is 2. The van der Waals surface area contributed by atoms with Crippen molar-refractivity contribution in [2.45, 2.75) is 20.0 Å². The summed E-state index contributed by atoms with van der Waals surface area (Å²) in [6.45, 7) is 4.01. The van der Waals surface area contributed by atoms with Crippen LogP contribution in [0.1, 0.15) is 11.1 Å². The molecule has 0 bridgehead atoms. The van der Waals surface area contributed by atoms with Crippen LogP contribution in [0.5, 0.6) is 0 Å².